The minimum atomic E-state index is -4.76. The number of rotatable bonds is 8. The lowest BCUT2D eigenvalue weighted by atomic mass is 10.2. The first-order valence-corrected chi connectivity index (χ1v) is 10.5. The Morgan fingerprint density at radius 1 is 1.24 bits per heavy atom. The van der Waals surface area contributed by atoms with Crippen molar-refractivity contribution in [1.82, 2.24) is 25.4 Å². The average Bonchev–Trinajstić information content (AvgIpc) is 3.42. The summed E-state index contributed by atoms with van der Waals surface area (Å²) in [5, 5.41) is 10.3. The topological polar surface area (TPSA) is 124 Å². The van der Waals surface area contributed by atoms with E-state index in [0.717, 1.165) is 16.0 Å². The molecule has 1 aromatic carbocycles. The highest BCUT2D eigenvalue weighted by molar-refractivity contribution is 7.12. The lowest BCUT2D eigenvalue weighted by Gasteiger charge is -2.10. The normalized spacial score (nSPS) is 12.3. The number of nitrogens with zero attached hydrogens (tertiary/aromatic N) is 3. The number of carbonyl (C=O) groups excluding carboxylic acids is 2. The van der Waals surface area contributed by atoms with Crippen LogP contribution in [0.2, 0.25) is 0 Å². The number of hydrogen-bond donors (Lipinski definition) is 3. The highest BCUT2D eigenvalue weighted by Crippen LogP contribution is 2.30. The smallest absolute Gasteiger partial charge is 0.435 e. The van der Waals surface area contributed by atoms with Crippen LogP contribution in [0.4, 0.5) is 13.2 Å². The first kappa shape index (κ1) is 24.2. The number of benzene rings is 1. The van der Waals surface area contributed by atoms with Crippen molar-refractivity contribution in [2.75, 3.05) is 7.11 Å². The van der Waals surface area contributed by atoms with Crippen LogP contribution in [0.3, 0.4) is 0 Å². The zero-order valence-electron chi connectivity index (χ0n) is 17.6. The number of hydrogen-bond acceptors (Lipinski definition) is 7. The SMILES string of the molecule is COc1ccccc1CNC(=O)c1cc(C(F)(F)F)nn1-c1nc(CNC(=O)[C@H](C)N)cs1. The zero-order chi connectivity index (χ0) is 24.2. The largest absolute Gasteiger partial charge is 0.496 e. The summed E-state index contributed by atoms with van der Waals surface area (Å²) in [6.45, 7) is 1.57. The minimum Gasteiger partial charge on any atom is -0.496 e. The van der Waals surface area contributed by atoms with Crippen LogP contribution in [0, 0.1) is 0 Å². The molecule has 33 heavy (non-hydrogen) atoms. The Balaban J connectivity index is 1.84. The molecule has 0 fully saturated rings. The van der Waals surface area contributed by atoms with Crippen LogP contribution in [0.15, 0.2) is 35.7 Å². The van der Waals surface area contributed by atoms with Gasteiger partial charge < -0.3 is 21.1 Å². The van der Waals surface area contributed by atoms with Crippen LogP contribution in [-0.2, 0) is 24.1 Å². The van der Waals surface area contributed by atoms with Crippen molar-refractivity contribution in [3.63, 3.8) is 0 Å². The van der Waals surface area contributed by atoms with Gasteiger partial charge in [-0.3, -0.25) is 9.59 Å². The number of halogens is 3. The van der Waals surface area contributed by atoms with Crippen LogP contribution >= 0.6 is 11.3 Å². The Bertz CT molecular complexity index is 1140. The second-order valence-electron chi connectivity index (χ2n) is 6.95. The minimum absolute atomic E-state index is 0.0274. The van der Waals surface area contributed by atoms with Gasteiger partial charge in [-0.2, -0.15) is 23.0 Å². The monoisotopic (exact) mass is 482 g/mol. The third-order valence-electron chi connectivity index (χ3n) is 4.44. The summed E-state index contributed by atoms with van der Waals surface area (Å²) in [7, 11) is 1.47. The van der Waals surface area contributed by atoms with E-state index in [2.05, 4.69) is 20.7 Å². The predicted molar refractivity (Wildman–Crippen MR) is 114 cm³/mol. The quantitative estimate of drug-likeness (QED) is 0.453. The fourth-order valence-corrected chi connectivity index (χ4v) is 3.54. The summed E-state index contributed by atoms with van der Waals surface area (Å²) in [5.74, 6) is -0.647. The number of nitrogens with two attached hydrogens (primary N) is 1. The van der Waals surface area contributed by atoms with Gasteiger partial charge in [-0.25, -0.2) is 4.98 Å². The molecule has 0 saturated heterocycles. The number of alkyl halides is 3. The van der Waals surface area contributed by atoms with Crippen LogP contribution in [0.5, 0.6) is 5.75 Å². The molecule has 2 heterocycles. The van der Waals surface area contributed by atoms with Crippen molar-refractivity contribution >= 4 is 23.2 Å². The van der Waals surface area contributed by atoms with Gasteiger partial charge in [0.1, 0.15) is 11.4 Å². The first-order valence-electron chi connectivity index (χ1n) is 9.65. The van der Waals surface area contributed by atoms with E-state index in [1.165, 1.54) is 14.0 Å². The van der Waals surface area contributed by atoms with Gasteiger partial charge in [0.15, 0.2) is 5.69 Å². The summed E-state index contributed by atoms with van der Waals surface area (Å²) in [6.07, 6.45) is -4.76. The number of amides is 2. The lowest BCUT2D eigenvalue weighted by molar-refractivity contribution is -0.141. The summed E-state index contributed by atoms with van der Waals surface area (Å²) < 4.78 is 46.0. The molecular formula is C20H21F3N6O3S. The molecule has 0 bridgehead atoms. The van der Waals surface area contributed by atoms with E-state index in [9.17, 15) is 22.8 Å². The number of nitrogens with one attached hydrogen (secondary N) is 2. The van der Waals surface area contributed by atoms with Crippen LogP contribution in [0.25, 0.3) is 5.13 Å². The van der Waals surface area contributed by atoms with E-state index in [4.69, 9.17) is 10.5 Å². The molecule has 0 aliphatic rings. The van der Waals surface area contributed by atoms with E-state index in [1.807, 2.05) is 0 Å². The maximum atomic E-state index is 13.3. The Hall–Kier alpha value is -3.45. The second-order valence-corrected chi connectivity index (χ2v) is 7.78. The summed E-state index contributed by atoms with van der Waals surface area (Å²) >= 11 is 0.978. The number of ether oxygens (including phenoxy) is 1. The molecule has 2 amide bonds. The first-order chi connectivity index (χ1) is 15.6. The predicted octanol–water partition coefficient (Wildman–Crippen LogP) is 2.25. The number of para-hydroxylation sites is 1. The van der Waals surface area contributed by atoms with Gasteiger partial charge in [-0.05, 0) is 13.0 Å². The Labute approximate surface area is 190 Å². The summed E-state index contributed by atoms with van der Waals surface area (Å²) in [4.78, 5) is 28.6. The lowest BCUT2D eigenvalue weighted by Crippen LogP contribution is -2.37. The van der Waals surface area contributed by atoms with Gasteiger partial charge >= 0.3 is 6.18 Å². The molecule has 0 spiro atoms. The number of thiazole rings is 1. The molecular weight excluding hydrogens is 461 g/mol. The molecule has 1 atom stereocenters. The van der Waals surface area contributed by atoms with E-state index < -0.39 is 29.7 Å². The maximum Gasteiger partial charge on any atom is 0.435 e. The van der Waals surface area contributed by atoms with E-state index in [0.29, 0.717) is 23.1 Å². The molecule has 3 rings (SSSR count). The van der Waals surface area contributed by atoms with Crippen LogP contribution in [-0.4, -0.2) is 39.7 Å². The fraction of sp³-hybridized carbons (Fsp3) is 0.300. The van der Waals surface area contributed by atoms with Crippen molar-refractivity contribution in [1.29, 1.82) is 0 Å². The van der Waals surface area contributed by atoms with Gasteiger partial charge in [0.2, 0.25) is 11.0 Å². The van der Waals surface area contributed by atoms with Gasteiger partial charge in [-0.15, -0.1) is 11.3 Å². The molecule has 3 aromatic rings. The number of methoxy groups -OCH3 is 1. The molecule has 4 N–H and O–H groups in total. The molecule has 0 aliphatic carbocycles. The van der Waals surface area contributed by atoms with Crippen molar-refractivity contribution in [2.24, 2.45) is 5.73 Å². The molecule has 0 saturated carbocycles. The fourth-order valence-electron chi connectivity index (χ4n) is 2.76. The third kappa shape index (κ3) is 5.87. The van der Waals surface area contributed by atoms with Crippen molar-refractivity contribution in [3.05, 3.63) is 58.4 Å². The maximum absolute atomic E-state index is 13.3. The Morgan fingerprint density at radius 2 is 1.97 bits per heavy atom. The highest BCUT2D eigenvalue weighted by atomic mass is 32.1. The zero-order valence-corrected chi connectivity index (χ0v) is 18.5. The molecule has 0 unspecified atom stereocenters. The van der Waals surface area contributed by atoms with Gasteiger partial charge in [0, 0.05) is 23.6 Å². The van der Waals surface area contributed by atoms with Crippen LogP contribution in [0.1, 0.15) is 34.4 Å². The number of carbonyl (C=O) groups is 2. The number of aromatic nitrogens is 3. The molecule has 176 valence electrons. The van der Waals surface area contributed by atoms with Crippen LogP contribution < -0.4 is 21.1 Å². The van der Waals surface area contributed by atoms with E-state index in [-0.39, 0.29) is 23.9 Å². The van der Waals surface area contributed by atoms with E-state index in [1.54, 1.807) is 29.6 Å². The van der Waals surface area contributed by atoms with Gasteiger partial charge in [0.05, 0.1) is 25.4 Å². The molecule has 2 aromatic heterocycles. The Morgan fingerprint density at radius 3 is 2.64 bits per heavy atom. The molecule has 9 nitrogen and oxygen atoms in total. The van der Waals surface area contributed by atoms with Gasteiger partial charge in [0.25, 0.3) is 5.91 Å². The van der Waals surface area contributed by atoms with Crippen molar-refractivity contribution in [3.8, 4) is 10.9 Å². The molecule has 0 radical (unpaired) electrons. The summed E-state index contributed by atoms with van der Waals surface area (Å²) in [5.41, 5.74) is 4.95. The summed E-state index contributed by atoms with van der Waals surface area (Å²) in [6, 6.07) is 6.87. The van der Waals surface area contributed by atoms with Crippen molar-refractivity contribution in [2.45, 2.75) is 32.2 Å². The molecule has 0 aliphatic heterocycles. The van der Waals surface area contributed by atoms with Gasteiger partial charge in [-0.1, -0.05) is 18.2 Å². The van der Waals surface area contributed by atoms with Crippen molar-refractivity contribution < 1.29 is 27.5 Å². The standard InChI is InChI=1S/C20H21F3N6O3S/c1-11(24)17(30)26-9-13-10-33-19(27-13)29-14(7-16(28-29)20(21,22)23)18(31)25-8-12-5-3-4-6-15(12)32-2/h3-7,10-11H,8-9,24H2,1-2H3,(H,25,31)(H,26,30)/t11-/m0/s1. The Kier molecular flexibility index (Phi) is 7.33. The highest BCUT2D eigenvalue weighted by Gasteiger charge is 2.36. The third-order valence-corrected chi connectivity index (χ3v) is 5.31. The molecule has 13 heteroatoms. The average molecular weight is 482 g/mol. The van der Waals surface area contributed by atoms with E-state index >= 15 is 0 Å². The second kappa shape index (κ2) is 10.0.